The Morgan fingerprint density at radius 1 is 1.28 bits per heavy atom. The molecule has 0 spiro atoms. The zero-order valence-corrected chi connectivity index (χ0v) is 11.2. The second-order valence-electron chi connectivity index (χ2n) is 5.06. The van der Waals surface area contributed by atoms with E-state index in [2.05, 4.69) is 10.1 Å². The summed E-state index contributed by atoms with van der Waals surface area (Å²) in [7, 11) is -0.969. The van der Waals surface area contributed by atoms with E-state index in [0.29, 0.717) is 23.3 Å². The molecular formula is C12H18N2O3S. The normalized spacial score (nSPS) is 26.1. The van der Waals surface area contributed by atoms with Crippen LogP contribution < -0.4 is 0 Å². The van der Waals surface area contributed by atoms with Crippen molar-refractivity contribution in [3.8, 4) is 0 Å². The van der Waals surface area contributed by atoms with Gasteiger partial charge in [0, 0.05) is 23.3 Å². The predicted octanol–water partition coefficient (Wildman–Crippen LogP) is 1.76. The van der Waals surface area contributed by atoms with Crippen molar-refractivity contribution in [2.45, 2.75) is 49.9 Å². The lowest BCUT2D eigenvalue weighted by atomic mass is 10.1. The monoisotopic (exact) mass is 270 g/mol. The van der Waals surface area contributed by atoms with Gasteiger partial charge >= 0.3 is 0 Å². The molecule has 6 heteroatoms. The Balaban J connectivity index is 1.49. The lowest BCUT2D eigenvalue weighted by Crippen LogP contribution is -2.25. The van der Waals surface area contributed by atoms with Crippen LogP contribution >= 0.6 is 0 Å². The fourth-order valence-electron chi connectivity index (χ4n) is 2.18. The van der Waals surface area contributed by atoms with E-state index >= 15 is 0 Å². The Labute approximate surface area is 109 Å². The first-order chi connectivity index (χ1) is 8.81. The molecule has 2 fully saturated rings. The number of hydrogen-bond donors (Lipinski definition) is 0. The van der Waals surface area contributed by atoms with Crippen molar-refractivity contribution >= 4 is 10.8 Å². The first kappa shape index (κ1) is 12.3. The summed E-state index contributed by atoms with van der Waals surface area (Å²) in [5, 5.41) is 3.93. The highest BCUT2D eigenvalue weighted by molar-refractivity contribution is 7.84. The molecule has 5 nitrogen and oxygen atoms in total. The number of rotatable bonds is 5. The molecule has 0 aromatic carbocycles. The highest BCUT2D eigenvalue weighted by Crippen LogP contribution is 2.38. The summed E-state index contributed by atoms with van der Waals surface area (Å²) in [6.07, 6.45) is 5.76. The third-order valence-electron chi connectivity index (χ3n) is 3.36. The Morgan fingerprint density at radius 2 is 2.17 bits per heavy atom. The maximum Gasteiger partial charge on any atom is 0.239 e. The molecule has 1 aliphatic heterocycles. The summed E-state index contributed by atoms with van der Waals surface area (Å²) >= 11 is 0. The van der Waals surface area contributed by atoms with Gasteiger partial charge in [-0.3, -0.25) is 4.21 Å². The van der Waals surface area contributed by atoms with Crippen LogP contribution in [0.25, 0.3) is 0 Å². The molecule has 18 heavy (non-hydrogen) atoms. The van der Waals surface area contributed by atoms with Crippen LogP contribution in [0.3, 0.4) is 0 Å². The molecule has 1 saturated carbocycles. The van der Waals surface area contributed by atoms with Gasteiger partial charge in [0.15, 0.2) is 5.82 Å². The van der Waals surface area contributed by atoms with E-state index in [4.69, 9.17) is 9.26 Å². The number of ether oxygens (including phenoxy) is 1. The van der Waals surface area contributed by atoms with Gasteiger partial charge in [-0.2, -0.15) is 4.98 Å². The molecule has 100 valence electrons. The molecule has 1 aromatic heterocycles. The third kappa shape index (κ3) is 3.17. The van der Waals surface area contributed by atoms with E-state index in [1.54, 1.807) is 0 Å². The SMILES string of the molecule is O=[S@@](Cc1nc(C2CC2)no1)C[C@H]1CCCCO1. The Kier molecular flexibility index (Phi) is 3.75. The van der Waals surface area contributed by atoms with Crippen LogP contribution in [0.15, 0.2) is 4.52 Å². The van der Waals surface area contributed by atoms with Gasteiger partial charge in [0.25, 0.3) is 0 Å². The Hall–Kier alpha value is -0.750. The minimum Gasteiger partial charge on any atom is -0.377 e. The van der Waals surface area contributed by atoms with Gasteiger partial charge in [-0.15, -0.1) is 0 Å². The van der Waals surface area contributed by atoms with Gasteiger partial charge < -0.3 is 9.26 Å². The summed E-state index contributed by atoms with van der Waals surface area (Å²) in [5.74, 6) is 2.72. The molecule has 0 N–H and O–H groups in total. The quantitative estimate of drug-likeness (QED) is 0.815. The number of aromatic nitrogens is 2. The van der Waals surface area contributed by atoms with Crippen LogP contribution in [0, 0.1) is 0 Å². The average molecular weight is 270 g/mol. The minimum atomic E-state index is -0.969. The van der Waals surface area contributed by atoms with Crippen molar-refractivity contribution in [1.82, 2.24) is 10.1 Å². The van der Waals surface area contributed by atoms with Crippen molar-refractivity contribution in [2.75, 3.05) is 12.4 Å². The predicted molar refractivity (Wildman–Crippen MR) is 66.6 cm³/mol. The molecule has 1 saturated heterocycles. The number of nitrogens with zero attached hydrogens (tertiary/aromatic N) is 2. The summed E-state index contributed by atoms with van der Waals surface area (Å²) in [6, 6.07) is 0. The van der Waals surface area contributed by atoms with Crippen LogP contribution in [0.4, 0.5) is 0 Å². The molecule has 2 aliphatic rings. The molecule has 0 unspecified atom stereocenters. The summed E-state index contributed by atoms with van der Waals surface area (Å²) in [6.45, 7) is 0.800. The van der Waals surface area contributed by atoms with Crippen molar-refractivity contribution in [3.05, 3.63) is 11.7 Å². The highest BCUT2D eigenvalue weighted by Gasteiger charge is 2.29. The first-order valence-corrected chi connectivity index (χ1v) is 8.09. The summed E-state index contributed by atoms with van der Waals surface area (Å²) in [5.41, 5.74) is 0. The Bertz CT molecular complexity index is 425. The maximum atomic E-state index is 12.0. The molecule has 2 heterocycles. The largest absolute Gasteiger partial charge is 0.377 e. The minimum absolute atomic E-state index is 0.144. The van der Waals surface area contributed by atoms with Crippen LogP contribution in [0.1, 0.15) is 49.7 Å². The van der Waals surface area contributed by atoms with Gasteiger partial charge in [-0.1, -0.05) is 5.16 Å². The van der Waals surface area contributed by atoms with E-state index in [-0.39, 0.29) is 6.10 Å². The molecule has 1 aromatic rings. The Morgan fingerprint density at radius 3 is 2.89 bits per heavy atom. The van der Waals surface area contributed by atoms with Crippen LogP contribution in [-0.2, 0) is 21.3 Å². The van der Waals surface area contributed by atoms with Crippen molar-refractivity contribution in [1.29, 1.82) is 0 Å². The van der Waals surface area contributed by atoms with E-state index < -0.39 is 10.8 Å². The third-order valence-corrected chi connectivity index (χ3v) is 4.67. The first-order valence-electron chi connectivity index (χ1n) is 6.60. The molecule has 3 rings (SSSR count). The van der Waals surface area contributed by atoms with Gasteiger partial charge in [-0.05, 0) is 32.1 Å². The fraction of sp³-hybridized carbons (Fsp3) is 0.833. The van der Waals surface area contributed by atoms with Crippen molar-refractivity contribution < 1.29 is 13.5 Å². The van der Waals surface area contributed by atoms with Crippen LogP contribution in [-0.4, -0.2) is 32.8 Å². The molecule has 2 atom stereocenters. The van der Waals surface area contributed by atoms with E-state index in [1.165, 1.54) is 6.42 Å². The van der Waals surface area contributed by atoms with Crippen LogP contribution in [0.5, 0.6) is 0 Å². The summed E-state index contributed by atoms with van der Waals surface area (Å²) in [4.78, 5) is 4.29. The van der Waals surface area contributed by atoms with Gasteiger partial charge in [0.2, 0.25) is 5.89 Å². The fourth-order valence-corrected chi connectivity index (χ4v) is 3.36. The lowest BCUT2D eigenvalue weighted by Gasteiger charge is -2.21. The lowest BCUT2D eigenvalue weighted by molar-refractivity contribution is 0.0310. The average Bonchev–Trinajstić information content (AvgIpc) is 3.12. The molecule has 1 aliphatic carbocycles. The van der Waals surface area contributed by atoms with E-state index in [0.717, 1.165) is 38.1 Å². The standard InChI is InChI=1S/C12H18N2O3S/c15-18(7-10-3-1-2-6-16-10)8-11-13-12(14-17-11)9-4-5-9/h9-10H,1-8H2/t10-,18-/m1/s1. The smallest absolute Gasteiger partial charge is 0.239 e. The molecule has 0 amide bonds. The molecule has 0 radical (unpaired) electrons. The topological polar surface area (TPSA) is 65.2 Å². The van der Waals surface area contributed by atoms with Crippen LogP contribution in [0.2, 0.25) is 0 Å². The second kappa shape index (κ2) is 5.48. The van der Waals surface area contributed by atoms with Crippen molar-refractivity contribution in [2.24, 2.45) is 0 Å². The zero-order valence-electron chi connectivity index (χ0n) is 10.3. The van der Waals surface area contributed by atoms with Crippen molar-refractivity contribution in [3.63, 3.8) is 0 Å². The van der Waals surface area contributed by atoms with Gasteiger partial charge in [-0.25, -0.2) is 0 Å². The van der Waals surface area contributed by atoms with Gasteiger partial charge in [0.1, 0.15) is 5.75 Å². The van der Waals surface area contributed by atoms with Gasteiger partial charge in [0.05, 0.1) is 11.9 Å². The van der Waals surface area contributed by atoms with E-state index in [1.807, 2.05) is 0 Å². The number of hydrogen-bond acceptors (Lipinski definition) is 5. The molecule has 0 bridgehead atoms. The summed E-state index contributed by atoms with van der Waals surface area (Å²) < 4.78 is 22.7. The zero-order chi connectivity index (χ0) is 12.4. The highest BCUT2D eigenvalue weighted by atomic mass is 32.2. The maximum absolute atomic E-state index is 12.0. The second-order valence-corrected chi connectivity index (χ2v) is 6.56. The molecular weight excluding hydrogens is 252 g/mol. The van der Waals surface area contributed by atoms with E-state index in [9.17, 15) is 4.21 Å².